The average Bonchev–Trinajstić information content (AvgIpc) is 3.08. The predicted octanol–water partition coefficient (Wildman–Crippen LogP) is 1.58. The number of nitrogens with zero attached hydrogens (tertiary/aromatic N) is 2. The van der Waals surface area contributed by atoms with Gasteiger partial charge in [-0.2, -0.15) is 0 Å². The number of hydrogen-bond acceptors (Lipinski definition) is 8. The second kappa shape index (κ2) is 9.38. The van der Waals surface area contributed by atoms with Crippen LogP contribution in [-0.4, -0.2) is 58.5 Å². The van der Waals surface area contributed by atoms with Gasteiger partial charge in [0.15, 0.2) is 18.2 Å². The third kappa shape index (κ3) is 4.48. The highest BCUT2D eigenvalue weighted by Crippen LogP contribution is 2.32. The third-order valence-corrected chi connectivity index (χ3v) is 5.05. The molecule has 0 bridgehead atoms. The molecule has 0 radical (unpaired) electrons. The molecule has 1 amide bonds. The van der Waals surface area contributed by atoms with Gasteiger partial charge in [-0.05, 0) is 43.7 Å². The molecular weight excluding hydrogens is 418 g/mol. The molecule has 10 nitrogen and oxygen atoms in total. The van der Waals surface area contributed by atoms with Crippen molar-refractivity contribution in [3.63, 3.8) is 0 Å². The molecule has 0 fully saturated rings. The molecule has 1 aliphatic rings. The van der Waals surface area contributed by atoms with Gasteiger partial charge in [-0.25, -0.2) is 4.79 Å². The van der Waals surface area contributed by atoms with Crippen LogP contribution in [0.25, 0.3) is 0 Å². The van der Waals surface area contributed by atoms with Crippen molar-refractivity contribution >= 4 is 23.5 Å². The fourth-order valence-electron chi connectivity index (χ4n) is 3.39. The van der Waals surface area contributed by atoms with Gasteiger partial charge in [0, 0.05) is 23.2 Å². The summed E-state index contributed by atoms with van der Waals surface area (Å²) in [6, 6.07) is 7.61. The number of amidine groups is 1. The average molecular weight is 441 g/mol. The van der Waals surface area contributed by atoms with Gasteiger partial charge in [0.25, 0.3) is 5.91 Å². The quantitative estimate of drug-likeness (QED) is 0.139. The van der Waals surface area contributed by atoms with E-state index in [-0.39, 0.29) is 55.1 Å². The number of ether oxygens (including phenoxy) is 2. The lowest BCUT2D eigenvalue weighted by Crippen LogP contribution is -2.30. The molecular formula is C22H23N3O7. The standard InChI is InChI=1S/C22H23N3O7/c1-3-31-19(27)11-32-18-7-6-16(20(28)12(18)2)17(26)10-25-9-14-8-13(21(23)24-30)4-5-15(14)22(25)29/h4-8,28,30H,3,9-11H2,1-2H3,(H2,23,24). The lowest BCUT2D eigenvalue weighted by Gasteiger charge is -2.16. The number of hydrogen-bond donors (Lipinski definition) is 3. The van der Waals surface area contributed by atoms with Gasteiger partial charge in [-0.15, -0.1) is 0 Å². The number of oxime groups is 1. The number of nitrogens with two attached hydrogens (primary N) is 1. The smallest absolute Gasteiger partial charge is 0.344 e. The van der Waals surface area contributed by atoms with Gasteiger partial charge in [-0.1, -0.05) is 11.2 Å². The van der Waals surface area contributed by atoms with E-state index in [1.807, 2.05) is 0 Å². The van der Waals surface area contributed by atoms with Crippen molar-refractivity contribution in [2.24, 2.45) is 10.9 Å². The number of Topliss-reactive ketones (excluding diaryl/α,β-unsaturated/α-hetero) is 1. The highest BCUT2D eigenvalue weighted by Gasteiger charge is 2.30. The molecule has 168 valence electrons. The van der Waals surface area contributed by atoms with E-state index >= 15 is 0 Å². The van der Waals surface area contributed by atoms with Gasteiger partial charge < -0.3 is 30.4 Å². The number of rotatable bonds is 8. The van der Waals surface area contributed by atoms with Gasteiger partial charge >= 0.3 is 5.97 Å². The lowest BCUT2D eigenvalue weighted by atomic mass is 10.0. The SMILES string of the molecule is CCOC(=O)COc1ccc(C(=O)CN2Cc3cc(/C(N)=N\O)ccc3C2=O)c(O)c1C. The molecule has 10 heteroatoms. The van der Waals surface area contributed by atoms with E-state index in [9.17, 15) is 19.5 Å². The second-order valence-electron chi connectivity index (χ2n) is 7.12. The van der Waals surface area contributed by atoms with Crippen molar-refractivity contribution in [2.45, 2.75) is 20.4 Å². The molecule has 0 aromatic heterocycles. The number of esters is 1. The molecule has 0 spiro atoms. The zero-order valence-corrected chi connectivity index (χ0v) is 17.6. The van der Waals surface area contributed by atoms with E-state index < -0.39 is 11.8 Å². The van der Waals surface area contributed by atoms with Gasteiger partial charge in [0.05, 0.1) is 18.7 Å². The molecule has 1 heterocycles. The highest BCUT2D eigenvalue weighted by molar-refractivity contribution is 6.06. The van der Waals surface area contributed by atoms with Crippen LogP contribution in [0.3, 0.4) is 0 Å². The Morgan fingerprint density at radius 2 is 2.00 bits per heavy atom. The zero-order chi connectivity index (χ0) is 23.4. The van der Waals surface area contributed by atoms with Gasteiger partial charge in [-0.3, -0.25) is 9.59 Å². The number of phenols is 1. The van der Waals surface area contributed by atoms with Crippen LogP contribution in [0.15, 0.2) is 35.5 Å². The summed E-state index contributed by atoms with van der Waals surface area (Å²) < 4.78 is 10.1. The normalized spacial score (nSPS) is 13.1. The van der Waals surface area contributed by atoms with E-state index in [4.69, 9.17) is 20.4 Å². The number of benzene rings is 2. The van der Waals surface area contributed by atoms with Crippen LogP contribution in [0.2, 0.25) is 0 Å². The van der Waals surface area contributed by atoms with Crippen LogP contribution >= 0.6 is 0 Å². The van der Waals surface area contributed by atoms with Crippen LogP contribution in [-0.2, 0) is 16.1 Å². The Kier molecular flexibility index (Phi) is 6.62. The summed E-state index contributed by atoms with van der Waals surface area (Å²) in [7, 11) is 0. The molecule has 3 rings (SSSR count). The summed E-state index contributed by atoms with van der Waals surface area (Å²) in [5.41, 5.74) is 7.45. The molecule has 1 aliphatic heterocycles. The lowest BCUT2D eigenvalue weighted by molar-refractivity contribution is -0.145. The molecule has 32 heavy (non-hydrogen) atoms. The van der Waals surface area contributed by atoms with Crippen molar-refractivity contribution in [1.29, 1.82) is 0 Å². The van der Waals surface area contributed by atoms with E-state index in [0.717, 1.165) is 0 Å². The fourth-order valence-corrected chi connectivity index (χ4v) is 3.39. The molecule has 0 atom stereocenters. The van der Waals surface area contributed by atoms with Gasteiger partial charge in [0.1, 0.15) is 11.5 Å². The Balaban J connectivity index is 1.72. The van der Waals surface area contributed by atoms with Crippen molar-refractivity contribution in [3.05, 3.63) is 58.1 Å². The highest BCUT2D eigenvalue weighted by atomic mass is 16.6. The van der Waals surface area contributed by atoms with Crippen LogP contribution in [0, 0.1) is 6.92 Å². The number of aromatic hydroxyl groups is 1. The summed E-state index contributed by atoms with van der Waals surface area (Å²) in [4.78, 5) is 38.3. The Bertz CT molecular complexity index is 1110. The monoisotopic (exact) mass is 441 g/mol. The first-order valence-corrected chi connectivity index (χ1v) is 9.81. The maximum absolute atomic E-state index is 12.8. The minimum Gasteiger partial charge on any atom is -0.507 e. The first-order chi connectivity index (χ1) is 15.3. The molecule has 2 aromatic rings. The van der Waals surface area contributed by atoms with Crippen molar-refractivity contribution < 1.29 is 34.2 Å². The largest absolute Gasteiger partial charge is 0.507 e. The van der Waals surface area contributed by atoms with Crippen LogP contribution in [0.5, 0.6) is 11.5 Å². The summed E-state index contributed by atoms with van der Waals surface area (Å²) in [6.07, 6.45) is 0. The van der Waals surface area contributed by atoms with Crippen molar-refractivity contribution in [1.82, 2.24) is 4.90 Å². The molecule has 0 saturated carbocycles. The summed E-state index contributed by atoms with van der Waals surface area (Å²) >= 11 is 0. The third-order valence-electron chi connectivity index (χ3n) is 5.05. The van der Waals surface area contributed by atoms with E-state index in [2.05, 4.69) is 5.16 Å². The Morgan fingerprint density at radius 3 is 2.69 bits per heavy atom. The Morgan fingerprint density at radius 1 is 1.25 bits per heavy atom. The molecule has 4 N–H and O–H groups in total. The Labute approximate surface area is 183 Å². The Hall–Kier alpha value is -4.08. The first-order valence-electron chi connectivity index (χ1n) is 9.81. The molecule has 0 saturated heterocycles. The minimum atomic E-state index is -0.547. The molecule has 0 aliphatic carbocycles. The number of amides is 1. The maximum Gasteiger partial charge on any atom is 0.344 e. The van der Waals surface area contributed by atoms with Crippen LogP contribution in [0.4, 0.5) is 0 Å². The maximum atomic E-state index is 12.8. The fraction of sp³-hybridized carbons (Fsp3) is 0.273. The van der Waals surface area contributed by atoms with Crippen LogP contribution in [0.1, 0.15) is 44.3 Å². The molecule has 0 unspecified atom stereocenters. The topological polar surface area (TPSA) is 152 Å². The van der Waals surface area contributed by atoms with E-state index in [0.29, 0.717) is 22.3 Å². The summed E-state index contributed by atoms with van der Waals surface area (Å²) in [5.74, 6) is -1.46. The van der Waals surface area contributed by atoms with Crippen LogP contribution < -0.4 is 10.5 Å². The number of fused-ring (bicyclic) bond motifs is 1. The minimum absolute atomic E-state index is 0.0343. The molecule has 2 aromatic carbocycles. The van der Waals surface area contributed by atoms with Crippen molar-refractivity contribution in [3.8, 4) is 11.5 Å². The summed E-state index contributed by atoms with van der Waals surface area (Å²) in [6.45, 7) is 3.06. The zero-order valence-electron chi connectivity index (χ0n) is 17.6. The first kappa shape index (κ1) is 22.6. The van der Waals surface area contributed by atoms with E-state index in [1.165, 1.54) is 17.0 Å². The van der Waals surface area contributed by atoms with Crippen molar-refractivity contribution in [2.75, 3.05) is 19.8 Å². The number of phenolic OH excluding ortho intramolecular Hbond substituents is 1. The number of ketones is 1. The van der Waals surface area contributed by atoms with E-state index in [1.54, 1.807) is 32.0 Å². The predicted molar refractivity (Wildman–Crippen MR) is 113 cm³/mol. The number of carbonyl (C=O) groups is 3. The summed E-state index contributed by atoms with van der Waals surface area (Å²) in [5, 5.41) is 22.3. The number of carbonyl (C=O) groups excluding carboxylic acids is 3. The second-order valence-corrected chi connectivity index (χ2v) is 7.12. The van der Waals surface area contributed by atoms with Gasteiger partial charge in [0.2, 0.25) is 0 Å².